The summed E-state index contributed by atoms with van der Waals surface area (Å²) in [5.74, 6) is 0. The van der Waals surface area contributed by atoms with Crippen LogP contribution >= 0.6 is 0 Å². The van der Waals surface area contributed by atoms with Gasteiger partial charge in [0.05, 0.1) is 20.8 Å². The largest absolute Gasteiger partial charge is 0.428 e. The zero-order valence-electron chi connectivity index (χ0n) is 33.6. The minimum Gasteiger partial charge on any atom is -0.428 e. The van der Waals surface area contributed by atoms with Crippen LogP contribution in [0.2, 0.25) is 25.7 Å². The van der Waals surface area contributed by atoms with Crippen LogP contribution in [0.4, 0.5) is 0 Å². The SMILES string of the molecule is CCCCCCCCCCCC(O)CCCCCCCC.C[Si]1(C)[SiH2]OCC[Si]1(C)c1cccc2cc3ccc4cc5ccccc5cc4c3cc12. The molecule has 0 amide bonds. The van der Waals surface area contributed by atoms with Crippen LogP contribution in [0.25, 0.3) is 43.1 Å². The van der Waals surface area contributed by atoms with Crippen molar-refractivity contribution in [3.05, 3.63) is 78.9 Å². The lowest BCUT2D eigenvalue weighted by atomic mass is 9.96. The molecule has 0 bridgehead atoms. The van der Waals surface area contributed by atoms with E-state index >= 15 is 0 Å². The van der Waals surface area contributed by atoms with Crippen LogP contribution in [0, 0.1) is 0 Å². The highest BCUT2D eigenvalue weighted by Crippen LogP contribution is 2.34. The number of fused-ring (bicyclic) bond motifs is 5. The van der Waals surface area contributed by atoms with Crippen LogP contribution in [0.1, 0.15) is 123 Å². The Morgan fingerprint density at radius 2 is 1.04 bits per heavy atom. The van der Waals surface area contributed by atoms with Crippen molar-refractivity contribution in [2.45, 2.75) is 155 Å². The Kier molecular flexibility index (Phi) is 16.0. The first-order chi connectivity index (χ1) is 25.3. The van der Waals surface area contributed by atoms with Crippen molar-refractivity contribution in [1.82, 2.24) is 0 Å². The number of unbranched alkanes of at least 4 members (excludes halogenated alkanes) is 13. The summed E-state index contributed by atoms with van der Waals surface area (Å²) in [6, 6.07) is 31.4. The quantitative estimate of drug-likeness (QED) is 0.0418. The first-order valence-electron chi connectivity index (χ1n) is 21.3. The number of aliphatic hydroxyl groups excluding tert-OH is 1. The third-order valence-corrected chi connectivity index (χ3v) is 41.2. The summed E-state index contributed by atoms with van der Waals surface area (Å²) in [5.41, 5.74) is 0. The Bertz CT molecular complexity index is 1830. The van der Waals surface area contributed by atoms with Gasteiger partial charge in [-0.05, 0) is 86.2 Å². The second kappa shape index (κ2) is 20.4. The van der Waals surface area contributed by atoms with Crippen LogP contribution in [0.3, 0.4) is 0 Å². The first kappa shape index (κ1) is 40.9. The number of benzene rings is 5. The highest BCUT2D eigenvalue weighted by atomic mass is 29.6. The summed E-state index contributed by atoms with van der Waals surface area (Å²) in [7, 11) is -3.21. The lowest BCUT2D eigenvalue weighted by Crippen LogP contribution is -2.71. The minimum absolute atomic E-state index is 0.0271. The second-order valence-electron chi connectivity index (χ2n) is 16.9. The molecule has 0 radical (unpaired) electrons. The van der Waals surface area contributed by atoms with Gasteiger partial charge in [0.25, 0.3) is 0 Å². The van der Waals surface area contributed by atoms with E-state index in [1.165, 1.54) is 145 Å². The van der Waals surface area contributed by atoms with E-state index in [1.54, 1.807) is 5.19 Å². The summed E-state index contributed by atoms with van der Waals surface area (Å²) in [4.78, 5) is 0. The highest BCUT2D eigenvalue weighted by molar-refractivity contribution is 7.63. The fourth-order valence-corrected chi connectivity index (χ4v) is 28.7. The molecule has 5 aromatic rings. The second-order valence-corrected chi connectivity index (χ2v) is 40.8. The van der Waals surface area contributed by atoms with Crippen molar-refractivity contribution >= 4 is 72.3 Å². The molecule has 2 nitrogen and oxygen atoms in total. The zero-order chi connectivity index (χ0) is 36.8. The maximum atomic E-state index is 9.95. The van der Waals surface area contributed by atoms with E-state index in [0.29, 0.717) is 0 Å². The molecule has 0 aromatic heterocycles. The van der Waals surface area contributed by atoms with E-state index in [0.717, 1.165) is 19.4 Å². The van der Waals surface area contributed by atoms with Crippen LogP contribution in [0.5, 0.6) is 0 Å². The van der Waals surface area contributed by atoms with Crippen molar-refractivity contribution in [2.24, 2.45) is 0 Å². The smallest absolute Gasteiger partial charge is 0.148 e. The molecule has 1 saturated heterocycles. The minimum atomic E-state index is -1.53. The van der Waals surface area contributed by atoms with Gasteiger partial charge in [0.2, 0.25) is 0 Å². The van der Waals surface area contributed by atoms with Crippen molar-refractivity contribution in [2.75, 3.05) is 6.61 Å². The third kappa shape index (κ3) is 10.7. The molecule has 6 rings (SSSR count). The molecule has 1 fully saturated rings. The van der Waals surface area contributed by atoms with E-state index in [4.69, 9.17) is 4.43 Å². The molecule has 5 aromatic carbocycles. The molecular weight excluding hydrogens is 681 g/mol. The summed E-state index contributed by atoms with van der Waals surface area (Å²) in [6.07, 6.45) is 22.3. The fraction of sp³-hybridized carbons (Fsp3) is 0.532. The van der Waals surface area contributed by atoms with E-state index in [2.05, 4.69) is 112 Å². The van der Waals surface area contributed by atoms with E-state index in [1.807, 2.05) is 0 Å². The number of hydrogen-bond acceptors (Lipinski definition) is 2. The molecule has 2 unspecified atom stereocenters. The van der Waals surface area contributed by atoms with E-state index in [-0.39, 0.29) is 15.4 Å². The van der Waals surface area contributed by atoms with Crippen molar-refractivity contribution in [3.63, 3.8) is 0 Å². The van der Waals surface area contributed by atoms with Crippen LogP contribution < -0.4 is 5.19 Å². The van der Waals surface area contributed by atoms with Gasteiger partial charge in [0.15, 0.2) is 0 Å². The Labute approximate surface area is 320 Å². The van der Waals surface area contributed by atoms with Gasteiger partial charge >= 0.3 is 0 Å². The molecule has 0 spiro atoms. The van der Waals surface area contributed by atoms with Gasteiger partial charge < -0.3 is 9.53 Å². The van der Waals surface area contributed by atoms with E-state index in [9.17, 15) is 5.11 Å². The van der Waals surface area contributed by atoms with E-state index < -0.39 is 14.7 Å². The maximum Gasteiger partial charge on any atom is 0.148 e. The molecule has 0 saturated carbocycles. The molecule has 2 atom stereocenters. The molecular formula is C47H70O2Si3. The van der Waals surface area contributed by atoms with Crippen LogP contribution in [-0.4, -0.2) is 41.8 Å². The molecule has 5 heteroatoms. The first-order valence-corrected chi connectivity index (χ1v) is 30.9. The maximum absolute atomic E-state index is 9.95. The van der Waals surface area contributed by atoms with Gasteiger partial charge in [-0.1, -0.05) is 190 Å². The van der Waals surface area contributed by atoms with Crippen molar-refractivity contribution < 1.29 is 9.53 Å². The topological polar surface area (TPSA) is 29.5 Å². The van der Waals surface area contributed by atoms with Gasteiger partial charge in [-0.15, -0.1) is 0 Å². The molecule has 282 valence electrons. The summed E-state index contributed by atoms with van der Waals surface area (Å²) < 4.78 is 6.12. The fourth-order valence-electron chi connectivity index (χ4n) is 8.60. The van der Waals surface area contributed by atoms with Gasteiger partial charge in [-0.3, -0.25) is 0 Å². The third-order valence-electron chi connectivity index (χ3n) is 12.5. The molecule has 1 aliphatic heterocycles. The predicted octanol–water partition coefficient (Wildman–Crippen LogP) is 13.0. The molecule has 52 heavy (non-hydrogen) atoms. The summed E-state index contributed by atoms with van der Waals surface area (Å²) in [6.45, 7) is 13.4. The van der Waals surface area contributed by atoms with Crippen LogP contribution in [0.15, 0.2) is 78.9 Å². The lowest BCUT2D eigenvalue weighted by Gasteiger charge is -2.45. The Morgan fingerprint density at radius 3 is 1.62 bits per heavy atom. The number of aliphatic hydroxyl groups is 1. The normalized spacial score (nSPS) is 18.3. The Balaban J connectivity index is 0.000000220. The summed E-state index contributed by atoms with van der Waals surface area (Å²) in [5, 5.41) is 22.6. The van der Waals surface area contributed by atoms with Crippen LogP contribution in [-0.2, 0) is 4.43 Å². The number of rotatable bonds is 18. The lowest BCUT2D eigenvalue weighted by molar-refractivity contribution is 0.147. The van der Waals surface area contributed by atoms with Crippen molar-refractivity contribution in [1.29, 1.82) is 0 Å². The Morgan fingerprint density at radius 1 is 0.558 bits per heavy atom. The van der Waals surface area contributed by atoms with Gasteiger partial charge in [-0.2, -0.15) is 0 Å². The predicted molar refractivity (Wildman–Crippen MR) is 240 cm³/mol. The summed E-state index contributed by atoms with van der Waals surface area (Å²) >= 11 is 0. The average Bonchev–Trinajstić information content (AvgIpc) is 3.15. The number of hydrogen-bond donors (Lipinski definition) is 1. The molecule has 1 aliphatic rings. The van der Waals surface area contributed by atoms with Gasteiger partial charge in [0, 0.05) is 6.61 Å². The zero-order valence-corrected chi connectivity index (χ0v) is 37.0. The standard InChI is InChI=1S/C27H28OSi3.C20H42O/c1-30(2)29-28-13-14-31(30,3)27-10-6-9-21-16-23-12-11-22-15-19-7-4-5-8-20(19)17-24(22)25(23)18-26(21)27;1-3-5-7-9-11-12-13-15-17-19-20(21)18-16-14-10-8-6-4-2/h4-12,15-18H,13-14,29H2,1-3H3;20-21H,3-19H2,1-2H3. The van der Waals surface area contributed by atoms with Crippen molar-refractivity contribution in [3.8, 4) is 0 Å². The average molecular weight is 751 g/mol. The molecule has 0 aliphatic carbocycles. The highest BCUT2D eigenvalue weighted by Gasteiger charge is 2.49. The van der Waals surface area contributed by atoms with Gasteiger partial charge in [0.1, 0.15) is 9.28 Å². The molecule has 1 heterocycles. The Hall–Kier alpha value is -2.29. The molecule has 1 N–H and O–H groups in total. The monoisotopic (exact) mass is 750 g/mol. The van der Waals surface area contributed by atoms with Gasteiger partial charge in [-0.25, -0.2) is 0 Å².